The molecule has 16 heavy (non-hydrogen) atoms. The minimum atomic E-state index is 0.0101. The van der Waals surface area contributed by atoms with Crippen molar-refractivity contribution in [2.45, 2.75) is 26.4 Å². The van der Waals surface area contributed by atoms with Crippen LogP contribution in [0.15, 0.2) is 18.2 Å². The first-order valence-electron chi connectivity index (χ1n) is 5.89. The number of hydrogen-bond donors (Lipinski definition) is 1. The highest BCUT2D eigenvalue weighted by molar-refractivity contribution is 6.31. The zero-order chi connectivity index (χ0) is 11.5. The molecule has 1 aliphatic rings. The molecule has 1 fully saturated rings. The smallest absolute Gasteiger partial charge is 0.0716 e. The van der Waals surface area contributed by atoms with Crippen molar-refractivity contribution in [3.8, 4) is 0 Å². The molecule has 0 aliphatic heterocycles. The third-order valence-corrected chi connectivity index (χ3v) is 3.50. The number of rotatable bonds is 5. The van der Waals surface area contributed by atoms with Gasteiger partial charge in [-0.25, -0.2) is 0 Å². The summed E-state index contributed by atoms with van der Waals surface area (Å²) in [7, 11) is 0. The largest absolute Gasteiger partial charge is 0.392 e. The molecule has 0 unspecified atom stereocenters. The average molecular weight is 240 g/mol. The lowest BCUT2D eigenvalue weighted by molar-refractivity contribution is 0.282. The van der Waals surface area contributed by atoms with Crippen molar-refractivity contribution in [3.05, 3.63) is 28.8 Å². The van der Waals surface area contributed by atoms with Crippen LogP contribution >= 0.6 is 11.6 Å². The van der Waals surface area contributed by atoms with Crippen LogP contribution in [0, 0.1) is 5.92 Å². The van der Waals surface area contributed by atoms with Crippen molar-refractivity contribution in [1.82, 2.24) is 0 Å². The molecule has 0 spiro atoms. The molecule has 2 nitrogen and oxygen atoms in total. The molecule has 0 aromatic heterocycles. The van der Waals surface area contributed by atoms with Gasteiger partial charge in [0, 0.05) is 29.4 Å². The van der Waals surface area contributed by atoms with E-state index in [-0.39, 0.29) is 6.61 Å². The van der Waals surface area contributed by atoms with E-state index in [1.165, 1.54) is 12.8 Å². The lowest BCUT2D eigenvalue weighted by atomic mass is 10.1. The van der Waals surface area contributed by atoms with Gasteiger partial charge in [-0.1, -0.05) is 17.7 Å². The normalized spacial score (nSPS) is 15.2. The van der Waals surface area contributed by atoms with Crippen LogP contribution in [0.5, 0.6) is 0 Å². The summed E-state index contributed by atoms with van der Waals surface area (Å²) in [6.07, 6.45) is 2.68. The monoisotopic (exact) mass is 239 g/mol. The number of aliphatic hydroxyl groups is 1. The molecule has 0 atom stereocenters. The highest BCUT2D eigenvalue weighted by Crippen LogP contribution is 2.34. The minimum absolute atomic E-state index is 0.0101. The first-order chi connectivity index (χ1) is 7.76. The lowest BCUT2D eigenvalue weighted by Crippen LogP contribution is -2.26. The molecule has 1 N–H and O–H groups in total. The predicted molar refractivity (Wildman–Crippen MR) is 68.0 cm³/mol. The summed E-state index contributed by atoms with van der Waals surface area (Å²) in [5.41, 5.74) is 1.94. The molecule has 1 saturated carbocycles. The van der Waals surface area contributed by atoms with Crippen LogP contribution in [0.1, 0.15) is 25.3 Å². The molecule has 3 heteroatoms. The van der Waals surface area contributed by atoms with Gasteiger partial charge in [0.1, 0.15) is 0 Å². The van der Waals surface area contributed by atoms with Crippen LogP contribution in [0.4, 0.5) is 5.69 Å². The fraction of sp³-hybridized carbons (Fsp3) is 0.538. The summed E-state index contributed by atoms with van der Waals surface area (Å²) in [5.74, 6) is 0.838. The van der Waals surface area contributed by atoms with E-state index >= 15 is 0 Å². The van der Waals surface area contributed by atoms with Crippen molar-refractivity contribution in [2.24, 2.45) is 5.92 Å². The Labute approximate surface area is 102 Å². The molecular weight excluding hydrogens is 222 g/mol. The Balaban J connectivity index is 2.24. The second-order valence-electron chi connectivity index (χ2n) is 4.38. The first kappa shape index (κ1) is 11.7. The average Bonchev–Trinajstić information content (AvgIpc) is 3.09. The number of benzene rings is 1. The molecule has 0 amide bonds. The third kappa shape index (κ3) is 2.50. The Kier molecular flexibility index (Phi) is 3.72. The maximum Gasteiger partial charge on any atom is 0.0716 e. The van der Waals surface area contributed by atoms with Crippen LogP contribution in [0.3, 0.4) is 0 Å². The van der Waals surface area contributed by atoms with Crippen LogP contribution < -0.4 is 4.90 Å². The van der Waals surface area contributed by atoms with Gasteiger partial charge in [-0.3, -0.25) is 0 Å². The Bertz CT molecular complexity index is 363. The van der Waals surface area contributed by atoms with E-state index in [0.29, 0.717) is 5.02 Å². The molecule has 0 saturated heterocycles. The number of hydrogen-bond acceptors (Lipinski definition) is 2. The molecule has 1 aromatic rings. The summed E-state index contributed by atoms with van der Waals surface area (Å²) in [4.78, 5) is 2.31. The molecule has 88 valence electrons. The quantitative estimate of drug-likeness (QED) is 0.854. The van der Waals surface area contributed by atoms with E-state index in [1.807, 2.05) is 18.2 Å². The van der Waals surface area contributed by atoms with Crippen molar-refractivity contribution in [2.75, 3.05) is 18.0 Å². The van der Waals surface area contributed by atoms with Gasteiger partial charge in [0.05, 0.1) is 6.61 Å². The summed E-state index contributed by atoms with van der Waals surface area (Å²) < 4.78 is 0. The Morgan fingerprint density at radius 2 is 2.19 bits per heavy atom. The second-order valence-corrected chi connectivity index (χ2v) is 4.78. The Morgan fingerprint density at radius 3 is 2.75 bits per heavy atom. The molecule has 1 aliphatic carbocycles. The maximum atomic E-state index is 9.38. The van der Waals surface area contributed by atoms with E-state index in [1.54, 1.807) is 0 Å². The van der Waals surface area contributed by atoms with Crippen LogP contribution in [0.25, 0.3) is 0 Å². The highest BCUT2D eigenvalue weighted by atomic mass is 35.5. The predicted octanol–water partition coefficient (Wildman–Crippen LogP) is 3.07. The molecule has 0 heterocycles. The van der Waals surface area contributed by atoms with E-state index in [9.17, 15) is 5.11 Å². The number of aliphatic hydroxyl groups excluding tert-OH is 1. The van der Waals surface area contributed by atoms with Gasteiger partial charge in [0.15, 0.2) is 0 Å². The SMILES string of the molecule is CCN(CC1CC1)c1cccc(Cl)c1CO. The molecule has 0 bridgehead atoms. The van der Waals surface area contributed by atoms with E-state index < -0.39 is 0 Å². The number of anilines is 1. The molecule has 1 aromatic carbocycles. The standard InChI is InChI=1S/C13H18ClNO/c1-2-15(8-10-6-7-10)13-5-3-4-12(14)11(13)9-16/h3-5,10,16H,2,6-9H2,1H3. The lowest BCUT2D eigenvalue weighted by Gasteiger charge is -2.25. The highest BCUT2D eigenvalue weighted by Gasteiger charge is 2.24. The summed E-state index contributed by atoms with van der Waals surface area (Å²) >= 11 is 6.10. The molecule has 2 rings (SSSR count). The molecule has 0 radical (unpaired) electrons. The van der Waals surface area contributed by atoms with Crippen LogP contribution in [-0.2, 0) is 6.61 Å². The second kappa shape index (κ2) is 5.07. The van der Waals surface area contributed by atoms with E-state index in [2.05, 4.69) is 11.8 Å². The van der Waals surface area contributed by atoms with Crippen LogP contribution in [-0.4, -0.2) is 18.2 Å². The van der Waals surface area contributed by atoms with Gasteiger partial charge in [0.2, 0.25) is 0 Å². The summed E-state index contributed by atoms with van der Waals surface area (Å²) in [6.45, 7) is 4.20. The molecular formula is C13H18ClNO. The van der Waals surface area contributed by atoms with Crippen molar-refractivity contribution in [3.63, 3.8) is 0 Å². The third-order valence-electron chi connectivity index (χ3n) is 3.15. The van der Waals surface area contributed by atoms with Gasteiger partial charge < -0.3 is 10.0 Å². The van der Waals surface area contributed by atoms with Gasteiger partial charge in [-0.05, 0) is 37.8 Å². The van der Waals surface area contributed by atoms with Gasteiger partial charge in [-0.2, -0.15) is 0 Å². The zero-order valence-electron chi connectivity index (χ0n) is 9.62. The van der Waals surface area contributed by atoms with Gasteiger partial charge in [-0.15, -0.1) is 0 Å². The summed E-state index contributed by atoms with van der Waals surface area (Å²) in [6, 6.07) is 5.83. The fourth-order valence-corrected chi connectivity index (χ4v) is 2.24. The first-order valence-corrected chi connectivity index (χ1v) is 6.27. The Hall–Kier alpha value is -0.730. The van der Waals surface area contributed by atoms with Crippen molar-refractivity contribution in [1.29, 1.82) is 0 Å². The number of halogens is 1. The van der Waals surface area contributed by atoms with E-state index in [0.717, 1.165) is 30.3 Å². The topological polar surface area (TPSA) is 23.5 Å². The Morgan fingerprint density at radius 1 is 1.44 bits per heavy atom. The maximum absolute atomic E-state index is 9.38. The minimum Gasteiger partial charge on any atom is -0.392 e. The van der Waals surface area contributed by atoms with Crippen molar-refractivity contribution >= 4 is 17.3 Å². The van der Waals surface area contributed by atoms with Gasteiger partial charge >= 0.3 is 0 Å². The fourth-order valence-electron chi connectivity index (χ4n) is 2.01. The van der Waals surface area contributed by atoms with Gasteiger partial charge in [0.25, 0.3) is 0 Å². The van der Waals surface area contributed by atoms with E-state index in [4.69, 9.17) is 11.6 Å². The number of nitrogens with zero attached hydrogens (tertiary/aromatic N) is 1. The summed E-state index contributed by atoms with van der Waals surface area (Å²) in [5, 5.41) is 10.0. The van der Waals surface area contributed by atoms with Crippen molar-refractivity contribution < 1.29 is 5.11 Å². The van der Waals surface area contributed by atoms with Crippen LogP contribution in [0.2, 0.25) is 5.02 Å². The zero-order valence-corrected chi connectivity index (χ0v) is 10.4.